The van der Waals surface area contributed by atoms with E-state index in [2.05, 4.69) is 22.9 Å². The predicted molar refractivity (Wildman–Crippen MR) is 117 cm³/mol. The minimum Gasteiger partial charge on any atom is -0.353 e. The molecule has 6 nitrogen and oxygen atoms in total. The van der Waals surface area contributed by atoms with Crippen LogP contribution < -0.4 is 4.90 Å². The van der Waals surface area contributed by atoms with E-state index in [9.17, 15) is 14.0 Å². The van der Waals surface area contributed by atoms with E-state index < -0.39 is 0 Å². The quantitative estimate of drug-likeness (QED) is 0.741. The second-order valence-corrected chi connectivity index (χ2v) is 8.41. The molecule has 0 N–H and O–H groups in total. The van der Waals surface area contributed by atoms with E-state index in [0.717, 1.165) is 30.0 Å². The number of nitrogens with zero attached hydrogens (tertiary/aromatic N) is 4. The monoisotopic (exact) mass is 424 g/mol. The Morgan fingerprint density at radius 3 is 2.71 bits per heavy atom. The molecule has 0 bridgehead atoms. The topological polar surface area (TPSA) is 56.8 Å². The number of piperazine rings is 1. The van der Waals surface area contributed by atoms with Gasteiger partial charge in [-0.3, -0.25) is 9.59 Å². The van der Waals surface area contributed by atoms with E-state index in [0.29, 0.717) is 45.4 Å². The number of amides is 2. The SMILES string of the molecule is Cc1cccnc1N1CCN(C(=O)C2CCC(=O)N(CCc3cccc(F)c3)C2)CC1. The normalized spacial score (nSPS) is 19.6. The summed E-state index contributed by atoms with van der Waals surface area (Å²) in [6, 6.07) is 10.4. The highest BCUT2D eigenvalue weighted by atomic mass is 19.1. The van der Waals surface area contributed by atoms with Crippen LogP contribution >= 0.6 is 0 Å². The first-order valence-electron chi connectivity index (χ1n) is 11.0. The van der Waals surface area contributed by atoms with E-state index in [1.165, 1.54) is 12.1 Å². The molecular weight excluding hydrogens is 395 g/mol. The van der Waals surface area contributed by atoms with Gasteiger partial charge in [0, 0.05) is 51.9 Å². The van der Waals surface area contributed by atoms with Crippen LogP contribution in [0.4, 0.5) is 10.2 Å². The third-order valence-electron chi connectivity index (χ3n) is 6.28. The largest absolute Gasteiger partial charge is 0.353 e. The lowest BCUT2D eigenvalue weighted by Gasteiger charge is -2.39. The molecule has 2 saturated heterocycles. The first kappa shape index (κ1) is 21.3. The number of rotatable bonds is 5. The molecule has 1 aromatic carbocycles. The Bertz CT molecular complexity index is 943. The van der Waals surface area contributed by atoms with Gasteiger partial charge in [-0.05, 0) is 49.1 Å². The van der Waals surface area contributed by atoms with Gasteiger partial charge in [-0.2, -0.15) is 0 Å². The van der Waals surface area contributed by atoms with Crippen LogP contribution in [0, 0.1) is 18.7 Å². The van der Waals surface area contributed by atoms with Gasteiger partial charge in [0.15, 0.2) is 0 Å². The maximum atomic E-state index is 13.4. The number of benzene rings is 1. The Hall–Kier alpha value is -2.96. The Balaban J connectivity index is 1.31. The minimum atomic E-state index is -0.268. The summed E-state index contributed by atoms with van der Waals surface area (Å²) in [4.78, 5) is 35.9. The number of hydrogen-bond acceptors (Lipinski definition) is 4. The molecule has 2 aliphatic rings. The molecule has 0 spiro atoms. The standard InChI is InChI=1S/C24H29FN4O2/c1-18-4-3-10-26-23(18)27-12-14-28(15-13-27)24(31)20-7-8-22(30)29(17-20)11-9-19-5-2-6-21(25)16-19/h2-6,10,16,20H,7-9,11-15,17H2,1H3. The third-order valence-corrected chi connectivity index (χ3v) is 6.28. The summed E-state index contributed by atoms with van der Waals surface area (Å²) >= 11 is 0. The maximum absolute atomic E-state index is 13.4. The second-order valence-electron chi connectivity index (χ2n) is 8.41. The molecule has 3 heterocycles. The first-order chi connectivity index (χ1) is 15.0. The maximum Gasteiger partial charge on any atom is 0.227 e. The van der Waals surface area contributed by atoms with E-state index in [1.54, 1.807) is 17.2 Å². The number of pyridine rings is 1. The van der Waals surface area contributed by atoms with Gasteiger partial charge in [-0.1, -0.05) is 18.2 Å². The molecule has 2 amide bonds. The second kappa shape index (κ2) is 9.45. The zero-order chi connectivity index (χ0) is 21.8. The van der Waals surface area contributed by atoms with Crippen LogP contribution in [0.2, 0.25) is 0 Å². The van der Waals surface area contributed by atoms with E-state index in [-0.39, 0.29) is 23.5 Å². The van der Waals surface area contributed by atoms with Crippen molar-refractivity contribution in [3.63, 3.8) is 0 Å². The molecule has 0 saturated carbocycles. The summed E-state index contributed by atoms with van der Waals surface area (Å²) in [5, 5.41) is 0. The van der Waals surface area contributed by atoms with Gasteiger partial charge >= 0.3 is 0 Å². The van der Waals surface area contributed by atoms with Gasteiger partial charge in [-0.15, -0.1) is 0 Å². The Kier molecular flexibility index (Phi) is 6.49. The van der Waals surface area contributed by atoms with Gasteiger partial charge in [0.1, 0.15) is 11.6 Å². The van der Waals surface area contributed by atoms with Crippen molar-refractivity contribution >= 4 is 17.6 Å². The fourth-order valence-electron chi connectivity index (χ4n) is 4.49. The molecule has 4 rings (SSSR count). The molecule has 0 radical (unpaired) electrons. The number of aryl methyl sites for hydroxylation is 1. The zero-order valence-corrected chi connectivity index (χ0v) is 18.0. The number of piperidine rings is 1. The van der Waals surface area contributed by atoms with Crippen molar-refractivity contribution in [2.24, 2.45) is 5.92 Å². The summed E-state index contributed by atoms with van der Waals surface area (Å²) in [5.41, 5.74) is 2.00. The van der Waals surface area contributed by atoms with Crippen LogP contribution in [0.3, 0.4) is 0 Å². The highest BCUT2D eigenvalue weighted by molar-refractivity contribution is 5.84. The van der Waals surface area contributed by atoms with Crippen molar-refractivity contribution in [1.82, 2.24) is 14.8 Å². The minimum absolute atomic E-state index is 0.0795. The summed E-state index contributed by atoms with van der Waals surface area (Å²) in [6.07, 6.45) is 3.39. The molecule has 0 aliphatic carbocycles. The zero-order valence-electron chi connectivity index (χ0n) is 18.0. The molecule has 7 heteroatoms. The van der Waals surface area contributed by atoms with Crippen LogP contribution in [-0.2, 0) is 16.0 Å². The van der Waals surface area contributed by atoms with Crippen molar-refractivity contribution in [2.75, 3.05) is 44.2 Å². The lowest BCUT2D eigenvalue weighted by atomic mass is 9.95. The van der Waals surface area contributed by atoms with Gasteiger partial charge in [-0.25, -0.2) is 9.37 Å². The Labute approximate surface area is 182 Å². The van der Waals surface area contributed by atoms with Gasteiger partial charge in [0.05, 0.1) is 5.92 Å². The van der Waals surface area contributed by atoms with E-state index >= 15 is 0 Å². The average Bonchev–Trinajstić information content (AvgIpc) is 2.79. The molecular formula is C24H29FN4O2. The lowest BCUT2D eigenvalue weighted by molar-refractivity contribution is -0.143. The van der Waals surface area contributed by atoms with Gasteiger partial charge in [0.2, 0.25) is 11.8 Å². The van der Waals surface area contributed by atoms with Crippen LogP contribution in [0.25, 0.3) is 0 Å². The number of aromatic nitrogens is 1. The third kappa shape index (κ3) is 5.03. The summed E-state index contributed by atoms with van der Waals surface area (Å²) in [7, 11) is 0. The number of carbonyl (C=O) groups excluding carboxylic acids is 2. The highest BCUT2D eigenvalue weighted by Gasteiger charge is 2.34. The number of halogens is 1. The molecule has 2 fully saturated rings. The number of hydrogen-bond donors (Lipinski definition) is 0. The number of carbonyl (C=O) groups is 2. The molecule has 1 unspecified atom stereocenters. The van der Waals surface area contributed by atoms with Crippen LogP contribution in [0.15, 0.2) is 42.6 Å². The molecule has 1 aromatic heterocycles. The van der Waals surface area contributed by atoms with Crippen molar-refractivity contribution in [3.05, 3.63) is 59.5 Å². The highest BCUT2D eigenvalue weighted by Crippen LogP contribution is 2.23. The van der Waals surface area contributed by atoms with Crippen molar-refractivity contribution in [2.45, 2.75) is 26.2 Å². The van der Waals surface area contributed by atoms with E-state index in [1.807, 2.05) is 17.0 Å². The number of likely N-dealkylation sites (tertiary alicyclic amines) is 1. The molecule has 2 aromatic rings. The summed E-state index contributed by atoms with van der Waals surface area (Å²) in [5.74, 6) is 0.779. The molecule has 2 aliphatic heterocycles. The smallest absolute Gasteiger partial charge is 0.227 e. The fraction of sp³-hybridized carbons (Fsp3) is 0.458. The Morgan fingerprint density at radius 2 is 1.97 bits per heavy atom. The van der Waals surface area contributed by atoms with Crippen molar-refractivity contribution in [1.29, 1.82) is 0 Å². The summed E-state index contributed by atoms with van der Waals surface area (Å²) < 4.78 is 13.4. The van der Waals surface area contributed by atoms with Crippen LogP contribution in [0.5, 0.6) is 0 Å². The van der Waals surface area contributed by atoms with Crippen molar-refractivity contribution < 1.29 is 14.0 Å². The fourth-order valence-corrected chi connectivity index (χ4v) is 4.49. The molecule has 164 valence electrons. The Morgan fingerprint density at radius 1 is 1.16 bits per heavy atom. The molecule has 31 heavy (non-hydrogen) atoms. The van der Waals surface area contributed by atoms with Gasteiger partial charge < -0.3 is 14.7 Å². The number of anilines is 1. The summed E-state index contributed by atoms with van der Waals surface area (Å²) in [6.45, 7) is 5.88. The van der Waals surface area contributed by atoms with Crippen LogP contribution in [-0.4, -0.2) is 65.9 Å². The lowest BCUT2D eigenvalue weighted by Crippen LogP contribution is -2.53. The first-order valence-corrected chi connectivity index (χ1v) is 11.0. The molecule has 1 atom stereocenters. The van der Waals surface area contributed by atoms with Crippen molar-refractivity contribution in [3.8, 4) is 0 Å². The average molecular weight is 425 g/mol. The predicted octanol–water partition coefficient (Wildman–Crippen LogP) is 2.66. The van der Waals surface area contributed by atoms with Gasteiger partial charge in [0.25, 0.3) is 0 Å². The van der Waals surface area contributed by atoms with E-state index in [4.69, 9.17) is 0 Å². The van der Waals surface area contributed by atoms with Crippen LogP contribution in [0.1, 0.15) is 24.0 Å².